The molecule has 138 valence electrons. The first-order valence-electron chi connectivity index (χ1n) is 9.41. The van der Waals surface area contributed by atoms with Gasteiger partial charge < -0.3 is 14.8 Å². The molecule has 0 aromatic heterocycles. The van der Waals surface area contributed by atoms with Gasteiger partial charge in [0.25, 0.3) is 0 Å². The minimum absolute atomic E-state index is 0.122. The minimum Gasteiger partial charge on any atom is -0.490 e. The van der Waals surface area contributed by atoms with Crippen molar-refractivity contribution in [3.63, 3.8) is 0 Å². The summed E-state index contributed by atoms with van der Waals surface area (Å²) in [6, 6.07) is 4.20. The van der Waals surface area contributed by atoms with Gasteiger partial charge in [0.05, 0.1) is 17.2 Å². The van der Waals surface area contributed by atoms with E-state index in [4.69, 9.17) is 9.47 Å². The molecule has 0 unspecified atom stereocenters. The van der Waals surface area contributed by atoms with Crippen LogP contribution in [0.2, 0.25) is 0 Å². The topological polar surface area (TPSA) is 30.5 Å². The molecule has 0 spiro atoms. The first-order valence-corrected chi connectivity index (χ1v) is 10.2. The molecule has 0 aliphatic heterocycles. The second kappa shape index (κ2) is 12.6. The standard InChI is InChI=1S/C20H34BrNO2/c1-5-7-8-9-10-11-12-22-15-17-13-18(21)20(24-16(3)4)19(14-17)23-6-2/h13-14,16,22H,5-12,15H2,1-4H3. The van der Waals surface area contributed by atoms with Crippen LogP contribution in [-0.4, -0.2) is 19.3 Å². The van der Waals surface area contributed by atoms with Gasteiger partial charge in [-0.1, -0.05) is 39.0 Å². The molecule has 3 nitrogen and oxygen atoms in total. The fraction of sp³-hybridized carbons (Fsp3) is 0.700. The lowest BCUT2D eigenvalue weighted by Crippen LogP contribution is -2.15. The Balaban J connectivity index is 2.47. The summed E-state index contributed by atoms with van der Waals surface area (Å²) in [6.07, 6.45) is 8.10. The van der Waals surface area contributed by atoms with Crippen molar-refractivity contribution in [3.8, 4) is 11.5 Å². The zero-order chi connectivity index (χ0) is 17.8. The summed E-state index contributed by atoms with van der Waals surface area (Å²) < 4.78 is 12.6. The molecule has 0 fully saturated rings. The molecule has 1 aromatic rings. The van der Waals surface area contributed by atoms with Crippen LogP contribution in [0.4, 0.5) is 0 Å². The molecule has 1 rings (SSSR count). The predicted molar refractivity (Wildman–Crippen MR) is 106 cm³/mol. The zero-order valence-electron chi connectivity index (χ0n) is 15.8. The second-order valence-corrected chi connectivity index (χ2v) is 7.30. The van der Waals surface area contributed by atoms with Crippen molar-refractivity contribution in [3.05, 3.63) is 22.2 Å². The first-order chi connectivity index (χ1) is 11.6. The summed E-state index contributed by atoms with van der Waals surface area (Å²) in [5.74, 6) is 1.61. The van der Waals surface area contributed by atoms with Gasteiger partial charge in [-0.15, -0.1) is 0 Å². The highest BCUT2D eigenvalue weighted by atomic mass is 79.9. The highest BCUT2D eigenvalue weighted by molar-refractivity contribution is 9.10. The predicted octanol–water partition coefficient (Wildman–Crippen LogP) is 6.09. The molecule has 24 heavy (non-hydrogen) atoms. The third kappa shape index (κ3) is 8.39. The minimum atomic E-state index is 0.122. The van der Waals surface area contributed by atoms with Crippen molar-refractivity contribution in [1.29, 1.82) is 0 Å². The van der Waals surface area contributed by atoms with E-state index >= 15 is 0 Å². The molecule has 0 radical (unpaired) electrons. The van der Waals surface area contributed by atoms with E-state index in [0.29, 0.717) is 6.61 Å². The van der Waals surface area contributed by atoms with E-state index in [1.807, 2.05) is 20.8 Å². The molecule has 0 aliphatic carbocycles. The molecule has 0 saturated heterocycles. The van der Waals surface area contributed by atoms with Crippen LogP contribution < -0.4 is 14.8 Å². The van der Waals surface area contributed by atoms with Gasteiger partial charge in [-0.2, -0.15) is 0 Å². The number of benzene rings is 1. The summed E-state index contributed by atoms with van der Waals surface area (Å²) >= 11 is 3.62. The van der Waals surface area contributed by atoms with Gasteiger partial charge in [0.1, 0.15) is 0 Å². The van der Waals surface area contributed by atoms with Crippen molar-refractivity contribution in [2.45, 2.75) is 78.9 Å². The molecule has 0 heterocycles. The van der Waals surface area contributed by atoms with Crippen LogP contribution in [0, 0.1) is 0 Å². The number of rotatable bonds is 13. The number of nitrogens with one attached hydrogen (secondary N) is 1. The normalized spacial score (nSPS) is 11.1. The van der Waals surface area contributed by atoms with Gasteiger partial charge in [-0.3, -0.25) is 0 Å². The Labute approximate surface area is 156 Å². The summed E-state index contributed by atoms with van der Waals surface area (Å²) in [5, 5.41) is 3.53. The smallest absolute Gasteiger partial charge is 0.175 e. The number of unbranched alkanes of at least 4 members (excludes halogenated alkanes) is 5. The van der Waals surface area contributed by atoms with E-state index in [1.165, 1.54) is 44.1 Å². The number of ether oxygens (including phenoxy) is 2. The van der Waals surface area contributed by atoms with Gasteiger partial charge in [-0.25, -0.2) is 0 Å². The summed E-state index contributed by atoms with van der Waals surface area (Å²) in [5.41, 5.74) is 1.22. The monoisotopic (exact) mass is 399 g/mol. The molecule has 4 heteroatoms. The fourth-order valence-electron chi connectivity index (χ4n) is 2.60. The van der Waals surface area contributed by atoms with Gasteiger partial charge in [0.15, 0.2) is 11.5 Å². The summed E-state index contributed by atoms with van der Waals surface area (Å²) in [6.45, 7) is 10.9. The Morgan fingerprint density at radius 3 is 2.42 bits per heavy atom. The number of hydrogen-bond donors (Lipinski definition) is 1. The van der Waals surface area contributed by atoms with Gasteiger partial charge >= 0.3 is 0 Å². The molecule has 0 saturated carbocycles. The highest BCUT2D eigenvalue weighted by Crippen LogP contribution is 2.37. The Morgan fingerprint density at radius 1 is 1.04 bits per heavy atom. The van der Waals surface area contributed by atoms with E-state index in [-0.39, 0.29) is 6.10 Å². The van der Waals surface area contributed by atoms with E-state index in [2.05, 4.69) is 40.3 Å². The largest absolute Gasteiger partial charge is 0.490 e. The van der Waals surface area contributed by atoms with E-state index < -0.39 is 0 Å². The maximum absolute atomic E-state index is 5.88. The van der Waals surface area contributed by atoms with Crippen molar-refractivity contribution in [2.75, 3.05) is 13.2 Å². The van der Waals surface area contributed by atoms with Crippen molar-refractivity contribution < 1.29 is 9.47 Å². The lowest BCUT2D eigenvalue weighted by atomic mass is 10.1. The zero-order valence-corrected chi connectivity index (χ0v) is 17.4. The lowest BCUT2D eigenvalue weighted by molar-refractivity contribution is 0.222. The average molecular weight is 400 g/mol. The van der Waals surface area contributed by atoms with Crippen LogP contribution in [0.5, 0.6) is 11.5 Å². The Bertz CT molecular complexity index is 463. The Hall–Kier alpha value is -0.740. The van der Waals surface area contributed by atoms with Crippen LogP contribution in [0.1, 0.15) is 71.8 Å². The fourth-order valence-corrected chi connectivity index (χ4v) is 3.18. The van der Waals surface area contributed by atoms with Crippen LogP contribution in [0.3, 0.4) is 0 Å². The van der Waals surface area contributed by atoms with Crippen LogP contribution >= 0.6 is 15.9 Å². The second-order valence-electron chi connectivity index (χ2n) is 6.45. The maximum Gasteiger partial charge on any atom is 0.175 e. The van der Waals surface area contributed by atoms with E-state index in [1.54, 1.807) is 0 Å². The molecule has 0 atom stereocenters. The van der Waals surface area contributed by atoms with Gasteiger partial charge in [0, 0.05) is 6.54 Å². The van der Waals surface area contributed by atoms with Crippen molar-refractivity contribution in [1.82, 2.24) is 5.32 Å². The average Bonchev–Trinajstić information content (AvgIpc) is 2.53. The molecule has 1 N–H and O–H groups in total. The summed E-state index contributed by atoms with van der Waals surface area (Å²) in [4.78, 5) is 0. The van der Waals surface area contributed by atoms with Crippen molar-refractivity contribution >= 4 is 15.9 Å². The summed E-state index contributed by atoms with van der Waals surface area (Å²) in [7, 11) is 0. The SMILES string of the molecule is CCCCCCCCNCc1cc(Br)c(OC(C)C)c(OCC)c1. The van der Waals surface area contributed by atoms with E-state index in [9.17, 15) is 0 Å². The van der Waals surface area contributed by atoms with Crippen LogP contribution in [-0.2, 0) is 6.54 Å². The molecule has 0 amide bonds. The van der Waals surface area contributed by atoms with Gasteiger partial charge in [-0.05, 0) is 67.4 Å². The number of hydrogen-bond acceptors (Lipinski definition) is 3. The molecular weight excluding hydrogens is 366 g/mol. The number of halogens is 1. The molecular formula is C20H34BrNO2. The molecule has 1 aromatic carbocycles. The first kappa shape index (κ1) is 21.3. The third-order valence-corrected chi connectivity index (χ3v) is 4.35. The van der Waals surface area contributed by atoms with E-state index in [0.717, 1.165) is 29.1 Å². The Kier molecular flexibility index (Phi) is 11.2. The maximum atomic E-state index is 5.88. The van der Waals surface area contributed by atoms with Crippen LogP contribution in [0.15, 0.2) is 16.6 Å². The molecule has 0 aliphatic rings. The third-order valence-electron chi connectivity index (χ3n) is 3.76. The molecule has 0 bridgehead atoms. The highest BCUT2D eigenvalue weighted by Gasteiger charge is 2.13. The van der Waals surface area contributed by atoms with Gasteiger partial charge in [0.2, 0.25) is 0 Å². The van der Waals surface area contributed by atoms with Crippen LogP contribution in [0.25, 0.3) is 0 Å². The Morgan fingerprint density at radius 2 is 1.75 bits per heavy atom. The lowest BCUT2D eigenvalue weighted by Gasteiger charge is -2.17. The quantitative estimate of drug-likeness (QED) is 0.407. The van der Waals surface area contributed by atoms with Crippen molar-refractivity contribution in [2.24, 2.45) is 0 Å².